The number of benzene rings is 2. The molecule has 0 aromatic heterocycles. The van der Waals surface area contributed by atoms with Crippen LogP contribution < -0.4 is 4.90 Å². The van der Waals surface area contributed by atoms with Gasteiger partial charge in [-0.05, 0) is 44.8 Å². The number of carboxylic acid groups (broad SMARTS) is 4. The van der Waals surface area contributed by atoms with Crippen LogP contribution in [-0.4, -0.2) is 101 Å². The highest BCUT2D eigenvalue weighted by Crippen LogP contribution is 2.27. The summed E-state index contributed by atoms with van der Waals surface area (Å²) >= 11 is 0. The summed E-state index contributed by atoms with van der Waals surface area (Å²) in [6.07, 6.45) is 3.41. The van der Waals surface area contributed by atoms with Crippen LogP contribution in [0.5, 0.6) is 0 Å². The fourth-order valence-corrected chi connectivity index (χ4v) is 3.83. The minimum absolute atomic E-state index is 0.520. The van der Waals surface area contributed by atoms with Crippen molar-refractivity contribution in [3.8, 4) is 0 Å². The highest BCUT2D eigenvalue weighted by molar-refractivity contribution is 5.90. The van der Waals surface area contributed by atoms with Crippen LogP contribution in [0.4, 0.5) is 5.69 Å². The molecule has 1 unspecified atom stereocenters. The van der Waals surface area contributed by atoms with Crippen molar-refractivity contribution in [2.75, 3.05) is 51.7 Å². The molecule has 0 spiro atoms. The minimum Gasteiger partial charge on any atom is -0.478 e. The van der Waals surface area contributed by atoms with Gasteiger partial charge < -0.3 is 30.2 Å². The summed E-state index contributed by atoms with van der Waals surface area (Å²) in [5, 5.41) is 31.2. The Morgan fingerprint density at radius 3 is 1.48 bits per heavy atom. The lowest BCUT2D eigenvalue weighted by Crippen LogP contribution is -2.48. The Morgan fingerprint density at radius 2 is 1.10 bits per heavy atom. The van der Waals surface area contributed by atoms with E-state index < -0.39 is 23.9 Å². The van der Waals surface area contributed by atoms with Crippen LogP contribution >= 0.6 is 0 Å². The SMILES string of the molecule is CN(C)CCC(c1ccccc1)N1CCN(c2ccccc2)CC1.O=C(O)C=CC(=O)O.O=C(O)C=CC(=O)O. The molecule has 0 aliphatic carbocycles. The number of para-hydroxylation sites is 1. The van der Waals surface area contributed by atoms with E-state index in [1.54, 1.807) is 0 Å². The van der Waals surface area contributed by atoms with Gasteiger partial charge in [-0.15, -0.1) is 0 Å². The Labute approximate surface area is 233 Å². The number of piperazine rings is 1. The largest absolute Gasteiger partial charge is 0.478 e. The van der Waals surface area contributed by atoms with Gasteiger partial charge in [-0.1, -0.05) is 48.5 Å². The highest BCUT2D eigenvalue weighted by Gasteiger charge is 2.25. The van der Waals surface area contributed by atoms with Crippen molar-refractivity contribution in [3.05, 3.63) is 90.5 Å². The van der Waals surface area contributed by atoms with Gasteiger partial charge in [-0.2, -0.15) is 0 Å². The lowest BCUT2D eigenvalue weighted by atomic mass is 10.0. The molecule has 0 saturated carbocycles. The van der Waals surface area contributed by atoms with Crippen molar-refractivity contribution in [2.24, 2.45) is 0 Å². The van der Waals surface area contributed by atoms with Crippen LogP contribution in [0.25, 0.3) is 0 Å². The molecule has 4 N–H and O–H groups in total. The van der Waals surface area contributed by atoms with E-state index in [4.69, 9.17) is 20.4 Å². The van der Waals surface area contributed by atoms with Gasteiger partial charge in [0.15, 0.2) is 0 Å². The summed E-state index contributed by atoms with van der Waals surface area (Å²) in [6, 6.07) is 22.3. The fraction of sp³-hybridized carbons (Fsp3) is 0.310. The first-order chi connectivity index (χ1) is 19.0. The summed E-state index contributed by atoms with van der Waals surface area (Å²) in [6.45, 7) is 5.59. The maximum Gasteiger partial charge on any atom is 0.328 e. The summed E-state index contributed by atoms with van der Waals surface area (Å²) in [4.78, 5) is 45.7. The molecule has 40 heavy (non-hydrogen) atoms. The van der Waals surface area contributed by atoms with E-state index in [0.717, 1.165) is 32.7 Å². The molecule has 1 saturated heterocycles. The van der Waals surface area contributed by atoms with Gasteiger partial charge in [0.1, 0.15) is 0 Å². The van der Waals surface area contributed by atoms with E-state index in [1.807, 2.05) is 0 Å². The van der Waals surface area contributed by atoms with Gasteiger partial charge in [0.25, 0.3) is 0 Å². The normalized spacial score (nSPS) is 14.1. The molecule has 1 aliphatic rings. The highest BCUT2D eigenvalue weighted by atomic mass is 16.4. The third-order valence-electron chi connectivity index (χ3n) is 5.65. The molecule has 0 amide bonds. The molecule has 1 aliphatic heterocycles. The molecule has 1 fully saturated rings. The van der Waals surface area contributed by atoms with Crippen molar-refractivity contribution < 1.29 is 39.6 Å². The number of rotatable bonds is 10. The zero-order chi connectivity index (χ0) is 29.9. The Balaban J connectivity index is 0.000000412. The molecule has 1 atom stereocenters. The van der Waals surface area contributed by atoms with Gasteiger partial charge in [0.05, 0.1) is 0 Å². The number of anilines is 1. The Bertz CT molecular complexity index is 1050. The zero-order valence-corrected chi connectivity index (χ0v) is 22.7. The van der Waals surface area contributed by atoms with Crippen molar-refractivity contribution >= 4 is 29.6 Å². The van der Waals surface area contributed by atoms with Crippen LogP contribution in [-0.2, 0) is 19.2 Å². The van der Waals surface area contributed by atoms with E-state index in [1.165, 1.54) is 17.7 Å². The maximum absolute atomic E-state index is 9.55. The lowest BCUT2D eigenvalue weighted by Gasteiger charge is -2.40. The summed E-state index contributed by atoms with van der Waals surface area (Å²) < 4.78 is 0. The van der Waals surface area contributed by atoms with Crippen molar-refractivity contribution in [2.45, 2.75) is 12.5 Å². The molecule has 0 bridgehead atoms. The average Bonchev–Trinajstić information content (AvgIpc) is 2.93. The number of carboxylic acids is 4. The molecule has 0 radical (unpaired) electrons. The molecule has 11 heteroatoms. The number of hydrogen-bond acceptors (Lipinski definition) is 7. The topological polar surface area (TPSA) is 159 Å². The molecule has 3 rings (SSSR count). The molecule has 2 aromatic rings. The van der Waals surface area contributed by atoms with E-state index in [-0.39, 0.29) is 0 Å². The standard InChI is InChI=1S/C21H29N3.2C4H4O4/c1-22(2)14-13-21(19-9-5-3-6-10-19)24-17-15-23(16-18-24)20-11-7-4-8-12-20;2*5-3(6)1-2-4(7)8/h3-12,21H,13-18H2,1-2H3;2*1-2H,(H,5,6)(H,7,8). The second kappa shape index (κ2) is 18.7. The van der Waals surface area contributed by atoms with Gasteiger partial charge in [0, 0.05) is 62.2 Å². The molecule has 216 valence electrons. The Hall–Kier alpha value is -4.48. The predicted octanol–water partition coefficient (Wildman–Crippen LogP) is 2.93. The first-order valence-corrected chi connectivity index (χ1v) is 12.5. The van der Waals surface area contributed by atoms with Crippen molar-refractivity contribution in [1.82, 2.24) is 9.80 Å². The maximum atomic E-state index is 9.55. The van der Waals surface area contributed by atoms with Crippen LogP contribution in [0.1, 0.15) is 18.0 Å². The van der Waals surface area contributed by atoms with Gasteiger partial charge in [0.2, 0.25) is 0 Å². The summed E-state index contributed by atoms with van der Waals surface area (Å²) in [5.41, 5.74) is 2.80. The third-order valence-corrected chi connectivity index (χ3v) is 5.65. The smallest absolute Gasteiger partial charge is 0.328 e. The number of carbonyl (C=O) groups is 4. The van der Waals surface area contributed by atoms with Crippen molar-refractivity contribution in [1.29, 1.82) is 0 Å². The average molecular weight is 556 g/mol. The van der Waals surface area contributed by atoms with Crippen LogP contribution in [0, 0.1) is 0 Å². The third kappa shape index (κ3) is 15.1. The summed E-state index contributed by atoms with van der Waals surface area (Å²) in [5.74, 6) is -5.03. The van der Waals surface area contributed by atoms with Gasteiger partial charge >= 0.3 is 23.9 Å². The first-order valence-electron chi connectivity index (χ1n) is 12.5. The molecular weight excluding hydrogens is 518 g/mol. The number of aliphatic carboxylic acids is 4. The van der Waals surface area contributed by atoms with E-state index in [0.29, 0.717) is 30.3 Å². The second-order valence-corrected chi connectivity index (χ2v) is 8.90. The van der Waals surface area contributed by atoms with E-state index in [2.05, 4.69) is 89.5 Å². The second-order valence-electron chi connectivity index (χ2n) is 8.90. The van der Waals surface area contributed by atoms with Crippen LogP contribution in [0.15, 0.2) is 85.0 Å². The van der Waals surface area contributed by atoms with Crippen molar-refractivity contribution in [3.63, 3.8) is 0 Å². The minimum atomic E-state index is -1.26. The fourth-order valence-electron chi connectivity index (χ4n) is 3.83. The predicted molar refractivity (Wildman–Crippen MR) is 151 cm³/mol. The molecule has 1 heterocycles. The monoisotopic (exact) mass is 555 g/mol. The van der Waals surface area contributed by atoms with Gasteiger partial charge in [-0.25, -0.2) is 19.2 Å². The molecule has 11 nitrogen and oxygen atoms in total. The number of hydrogen-bond donors (Lipinski definition) is 4. The summed E-state index contributed by atoms with van der Waals surface area (Å²) in [7, 11) is 4.32. The van der Waals surface area contributed by atoms with Crippen LogP contribution in [0.3, 0.4) is 0 Å². The van der Waals surface area contributed by atoms with Gasteiger partial charge in [-0.3, -0.25) is 4.90 Å². The molecular formula is C29H37N3O8. The molecule has 2 aromatic carbocycles. The lowest BCUT2D eigenvalue weighted by molar-refractivity contribution is -0.134. The van der Waals surface area contributed by atoms with E-state index >= 15 is 0 Å². The van der Waals surface area contributed by atoms with Crippen LogP contribution in [0.2, 0.25) is 0 Å². The Kier molecular flexibility index (Phi) is 15.7. The zero-order valence-electron chi connectivity index (χ0n) is 22.7. The number of nitrogens with zero attached hydrogens (tertiary/aromatic N) is 3. The first kappa shape index (κ1) is 33.5. The Morgan fingerprint density at radius 1 is 0.700 bits per heavy atom. The van der Waals surface area contributed by atoms with E-state index in [9.17, 15) is 19.2 Å². The quantitative estimate of drug-likeness (QED) is 0.319.